The van der Waals surface area contributed by atoms with Gasteiger partial charge in [-0.3, -0.25) is 9.48 Å². The van der Waals surface area contributed by atoms with E-state index in [1.807, 2.05) is 55.8 Å². The van der Waals surface area contributed by atoms with E-state index in [0.717, 1.165) is 23.4 Å². The van der Waals surface area contributed by atoms with Crippen LogP contribution in [0.25, 0.3) is 11.3 Å². The van der Waals surface area contributed by atoms with E-state index in [9.17, 15) is 4.79 Å². The number of nitrogens with one attached hydrogen (secondary N) is 2. The van der Waals surface area contributed by atoms with Crippen molar-refractivity contribution in [2.45, 2.75) is 12.5 Å². The molecular formula is C19H21N5O2. The number of aryl methyl sites for hydroxylation is 1. The normalized spacial score (nSPS) is 19.6. The maximum atomic E-state index is 12.6. The van der Waals surface area contributed by atoms with Gasteiger partial charge in [-0.2, -0.15) is 5.10 Å². The topological polar surface area (TPSA) is 85.0 Å². The van der Waals surface area contributed by atoms with Crippen LogP contribution in [0, 0.1) is 5.92 Å². The summed E-state index contributed by atoms with van der Waals surface area (Å²) in [7, 11) is 1.88. The molecule has 4 rings (SSSR count). The number of carbonyl (C=O) groups excluding carboxylic acids is 1. The SMILES string of the molecule is Cn1cc([C@H]2CNC[C@@H]2C(=O)NCc2cc(-c3ccccc3)no2)cn1. The Hall–Kier alpha value is -2.93. The zero-order valence-electron chi connectivity index (χ0n) is 14.6. The first kappa shape index (κ1) is 16.5. The molecule has 0 bridgehead atoms. The maximum Gasteiger partial charge on any atom is 0.225 e. The Morgan fingerprint density at radius 1 is 1.35 bits per heavy atom. The van der Waals surface area contributed by atoms with E-state index in [1.165, 1.54) is 0 Å². The number of carbonyl (C=O) groups is 1. The van der Waals surface area contributed by atoms with Crippen molar-refractivity contribution in [1.29, 1.82) is 0 Å². The minimum Gasteiger partial charge on any atom is -0.359 e. The third kappa shape index (κ3) is 3.39. The van der Waals surface area contributed by atoms with E-state index in [0.29, 0.717) is 18.8 Å². The molecule has 7 heteroatoms. The van der Waals surface area contributed by atoms with Gasteiger partial charge < -0.3 is 15.2 Å². The maximum absolute atomic E-state index is 12.6. The van der Waals surface area contributed by atoms with Gasteiger partial charge in [-0.25, -0.2) is 0 Å². The molecule has 3 heterocycles. The summed E-state index contributed by atoms with van der Waals surface area (Å²) in [5, 5.41) is 14.6. The number of aromatic nitrogens is 3. The zero-order valence-corrected chi connectivity index (χ0v) is 14.6. The monoisotopic (exact) mass is 351 g/mol. The van der Waals surface area contributed by atoms with Gasteiger partial charge in [0.05, 0.1) is 18.7 Å². The first-order chi connectivity index (χ1) is 12.7. The lowest BCUT2D eigenvalue weighted by Gasteiger charge is -2.16. The molecular weight excluding hydrogens is 330 g/mol. The minimum atomic E-state index is -0.115. The number of hydrogen-bond donors (Lipinski definition) is 2. The van der Waals surface area contributed by atoms with Gasteiger partial charge in [0, 0.05) is 43.9 Å². The molecule has 2 aromatic heterocycles. The van der Waals surface area contributed by atoms with Crippen LogP contribution < -0.4 is 10.6 Å². The van der Waals surface area contributed by atoms with Gasteiger partial charge in [0.25, 0.3) is 0 Å². The third-order valence-electron chi connectivity index (χ3n) is 4.77. The van der Waals surface area contributed by atoms with Gasteiger partial charge >= 0.3 is 0 Å². The highest BCUT2D eigenvalue weighted by Crippen LogP contribution is 2.28. The van der Waals surface area contributed by atoms with Crippen LogP contribution in [-0.2, 0) is 18.4 Å². The predicted molar refractivity (Wildman–Crippen MR) is 96.1 cm³/mol. The second-order valence-electron chi connectivity index (χ2n) is 6.58. The minimum absolute atomic E-state index is 0.0153. The van der Waals surface area contributed by atoms with E-state index in [2.05, 4.69) is 20.9 Å². The molecule has 0 spiro atoms. The van der Waals surface area contributed by atoms with Crippen LogP contribution in [0.4, 0.5) is 0 Å². The molecule has 0 radical (unpaired) electrons. The molecule has 2 atom stereocenters. The Morgan fingerprint density at radius 2 is 2.19 bits per heavy atom. The average Bonchev–Trinajstić information content (AvgIpc) is 3.40. The van der Waals surface area contributed by atoms with Crippen LogP contribution in [0.3, 0.4) is 0 Å². The summed E-state index contributed by atoms with van der Waals surface area (Å²) in [6, 6.07) is 11.7. The van der Waals surface area contributed by atoms with Crippen LogP contribution in [0.1, 0.15) is 17.2 Å². The lowest BCUT2D eigenvalue weighted by molar-refractivity contribution is -0.125. The fraction of sp³-hybridized carbons (Fsp3) is 0.316. The van der Waals surface area contributed by atoms with Crippen LogP contribution in [0.15, 0.2) is 53.3 Å². The lowest BCUT2D eigenvalue weighted by Crippen LogP contribution is -2.33. The fourth-order valence-corrected chi connectivity index (χ4v) is 3.38. The van der Waals surface area contributed by atoms with Crippen molar-refractivity contribution in [1.82, 2.24) is 25.6 Å². The molecule has 2 N–H and O–H groups in total. The first-order valence-corrected chi connectivity index (χ1v) is 8.68. The van der Waals surface area contributed by atoms with Crippen LogP contribution in [0.5, 0.6) is 0 Å². The van der Waals surface area contributed by atoms with E-state index < -0.39 is 0 Å². The molecule has 134 valence electrons. The van der Waals surface area contributed by atoms with E-state index in [-0.39, 0.29) is 17.7 Å². The molecule has 0 unspecified atom stereocenters. The largest absolute Gasteiger partial charge is 0.359 e. The molecule has 26 heavy (non-hydrogen) atoms. The van der Waals surface area contributed by atoms with Crippen molar-refractivity contribution in [2.24, 2.45) is 13.0 Å². The molecule has 1 aliphatic rings. The Morgan fingerprint density at radius 3 is 2.96 bits per heavy atom. The van der Waals surface area contributed by atoms with Gasteiger partial charge in [-0.05, 0) is 5.56 Å². The van der Waals surface area contributed by atoms with Gasteiger partial charge in [0.1, 0.15) is 5.69 Å². The van der Waals surface area contributed by atoms with Gasteiger partial charge in [0.15, 0.2) is 5.76 Å². The van der Waals surface area contributed by atoms with Crippen LogP contribution >= 0.6 is 0 Å². The molecule has 1 fully saturated rings. The van der Waals surface area contributed by atoms with Gasteiger partial charge in [0.2, 0.25) is 5.91 Å². The first-order valence-electron chi connectivity index (χ1n) is 8.68. The third-order valence-corrected chi connectivity index (χ3v) is 4.77. The summed E-state index contributed by atoms with van der Waals surface area (Å²) in [6.45, 7) is 1.77. The number of nitrogens with zero attached hydrogens (tertiary/aromatic N) is 3. The van der Waals surface area contributed by atoms with Crippen LogP contribution in [0.2, 0.25) is 0 Å². The van der Waals surface area contributed by atoms with Crippen molar-refractivity contribution in [2.75, 3.05) is 13.1 Å². The Bertz CT molecular complexity index is 886. The number of benzene rings is 1. The summed E-state index contributed by atoms with van der Waals surface area (Å²) in [4.78, 5) is 12.6. The molecule has 1 aromatic carbocycles. The van der Waals surface area contributed by atoms with E-state index in [1.54, 1.807) is 4.68 Å². The molecule has 3 aromatic rings. The van der Waals surface area contributed by atoms with Crippen molar-refractivity contribution in [3.05, 3.63) is 60.1 Å². The molecule has 1 saturated heterocycles. The number of amides is 1. The van der Waals surface area contributed by atoms with Crippen LogP contribution in [-0.4, -0.2) is 33.9 Å². The van der Waals surface area contributed by atoms with Crippen molar-refractivity contribution in [3.8, 4) is 11.3 Å². The van der Waals surface area contributed by atoms with E-state index in [4.69, 9.17) is 4.52 Å². The molecule has 7 nitrogen and oxygen atoms in total. The number of rotatable bonds is 5. The summed E-state index contributed by atoms with van der Waals surface area (Å²) < 4.78 is 7.12. The zero-order chi connectivity index (χ0) is 17.9. The second-order valence-corrected chi connectivity index (χ2v) is 6.58. The number of hydrogen-bond acceptors (Lipinski definition) is 5. The van der Waals surface area contributed by atoms with Gasteiger partial charge in [-0.1, -0.05) is 35.5 Å². The highest BCUT2D eigenvalue weighted by atomic mass is 16.5. The molecule has 0 saturated carbocycles. The quantitative estimate of drug-likeness (QED) is 0.731. The smallest absolute Gasteiger partial charge is 0.225 e. The average molecular weight is 351 g/mol. The summed E-state index contributed by atoms with van der Waals surface area (Å²) in [5.41, 5.74) is 2.85. The highest BCUT2D eigenvalue weighted by molar-refractivity contribution is 5.80. The Kier molecular flexibility index (Phi) is 4.53. The molecule has 1 aliphatic heterocycles. The fourth-order valence-electron chi connectivity index (χ4n) is 3.38. The predicted octanol–water partition coefficient (Wildman–Crippen LogP) is 1.69. The lowest BCUT2D eigenvalue weighted by atomic mass is 9.90. The highest BCUT2D eigenvalue weighted by Gasteiger charge is 2.34. The van der Waals surface area contributed by atoms with Gasteiger partial charge in [-0.15, -0.1) is 0 Å². The molecule has 1 amide bonds. The Balaban J connectivity index is 1.39. The summed E-state index contributed by atoms with van der Waals surface area (Å²) in [5.74, 6) is 0.677. The van der Waals surface area contributed by atoms with Crippen molar-refractivity contribution in [3.63, 3.8) is 0 Å². The second kappa shape index (κ2) is 7.13. The van der Waals surface area contributed by atoms with Crippen molar-refractivity contribution < 1.29 is 9.32 Å². The van der Waals surface area contributed by atoms with Crippen molar-refractivity contribution >= 4 is 5.91 Å². The Labute approximate surface area is 151 Å². The summed E-state index contributed by atoms with van der Waals surface area (Å²) in [6.07, 6.45) is 3.81. The summed E-state index contributed by atoms with van der Waals surface area (Å²) >= 11 is 0. The molecule has 0 aliphatic carbocycles. The van der Waals surface area contributed by atoms with E-state index >= 15 is 0 Å². The standard InChI is InChI=1S/C19H21N5O2/c1-24-12-14(8-22-24)16-10-20-11-17(16)19(25)21-9-15-7-18(23-26-15)13-5-3-2-4-6-13/h2-8,12,16-17,20H,9-11H2,1H3,(H,21,25)/t16-,17+/m1/s1.